The van der Waals surface area contributed by atoms with Crippen molar-refractivity contribution in [2.24, 2.45) is 10.8 Å². The van der Waals surface area contributed by atoms with Crippen LogP contribution in [0.2, 0.25) is 0 Å². The lowest BCUT2D eigenvalue weighted by Gasteiger charge is -2.34. The van der Waals surface area contributed by atoms with Gasteiger partial charge >= 0.3 is 0 Å². The summed E-state index contributed by atoms with van der Waals surface area (Å²) >= 11 is 0. The third-order valence-electron chi connectivity index (χ3n) is 10.9. The summed E-state index contributed by atoms with van der Waals surface area (Å²) in [6.45, 7) is 12.8. The number of aliphatic hydroxyl groups excluding tert-OH is 2. The SMILES string of the molecule is CC(Cn1n[n+](C(C(=O)N2CC(O)CC2C(=O)NCCF)C(C)(C)C)cc1C1CC1)NC(=O)C1CC(O)CN1C(=O)C(n1cc(C2CC2)nn1)C(C)(C)C. The molecule has 2 aromatic heterocycles. The van der Waals surface area contributed by atoms with Crippen LogP contribution >= 0.6 is 0 Å². The molecule has 2 saturated heterocycles. The third-order valence-corrected chi connectivity index (χ3v) is 10.9. The number of hydrogen-bond acceptors (Lipinski definition) is 9. The minimum absolute atomic E-state index is 0.0227. The van der Waals surface area contributed by atoms with Crippen LogP contribution < -0.4 is 15.3 Å². The minimum atomic E-state index is -0.930. The first-order valence-corrected chi connectivity index (χ1v) is 19.4. The average molecular weight is 758 g/mol. The maximum atomic E-state index is 14.3. The summed E-state index contributed by atoms with van der Waals surface area (Å²) in [6, 6.07) is -3.80. The highest BCUT2D eigenvalue weighted by atomic mass is 19.1. The molecule has 2 aliphatic carbocycles. The summed E-state index contributed by atoms with van der Waals surface area (Å²) in [7, 11) is 0. The Balaban J connectivity index is 1.18. The number of likely N-dealkylation sites (tertiary alicyclic amines) is 2. The van der Waals surface area contributed by atoms with Crippen LogP contribution in [0.15, 0.2) is 12.4 Å². The molecule has 0 spiro atoms. The largest absolute Gasteiger partial charge is 0.391 e. The fourth-order valence-corrected chi connectivity index (χ4v) is 7.97. The Morgan fingerprint density at radius 3 is 2.06 bits per heavy atom. The molecule has 2 aliphatic heterocycles. The Hall–Kier alpha value is -3.99. The quantitative estimate of drug-likeness (QED) is 0.215. The second kappa shape index (κ2) is 15.3. The third kappa shape index (κ3) is 8.61. The Morgan fingerprint density at radius 1 is 0.907 bits per heavy atom. The number of hydrogen-bond donors (Lipinski definition) is 4. The van der Waals surface area contributed by atoms with E-state index in [1.165, 1.54) is 9.80 Å². The first-order chi connectivity index (χ1) is 25.4. The van der Waals surface area contributed by atoms with Crippen molar-refractivity contribution < 1.29 is 38.5 Å². The molecule has 54 heavy (non-hydrogen) atoms. The monoisotopic (exact) mass is 757 g/mol. The fourth-order valence-electron chi connectivity index (χ4n) is 7.97. The smallest absolute Gasteiger partial charge is 0.271 e. The second-order valence-corrected chi connectivity index (χ2v) is 18.0. The molecular weight excluding hydrogens is 699 g/mol. The van der Waals surface area contributed by atoms with Gasteiger partial charge in [-0.3, -0.25) is 19.2 Å². The van der Waals surface area contributed by atoms with Crippen LogP contribution in [0, 0.1) is 10.8 Å². The summed E-state index contributed by atoms with van der Waals surface area (Å²) in [5.41, 5.74) is 0.578. The lowest BCUT2D eigenvalue weighted by molar-refractivity contribution is -0.777. The first-order valence-electron chi connectivity index (χ1n) is 19.4. The van der Waals surface area contributed by atoms with Crippen molar-refractivity contribution >= 4 is 23.6 Å². The number of alkyl halides is 1. The van der Waals surface area contributed by atoms with Gasteiger partial charge in [0.05, 0.1) is 29.2 Å². The predicted octanol–water partition coefficient (Wildman–Crippen LogP) is 0.906. The molecular formula is C37H58FN10O6+. The molecule has 16 nitrogen and oxygen atoms in total. The van der Waals surface area contributed by atoms with Crippen LogP contribution in [-0.4, -0.2) is 125 Å². The molecule has 0 aromatic carbocycles. The highest BCUT2D eigenvalue weighted by Gasteiger charge is 2.49. The van der Waals surface area contributed by atoms with Crippen LogP contribution in [0.1, 0.15) is 122 Å². The maximum Gasteiger partial charge on any atom is 0.271 e. The van der Waals surface area contributed by atoms with Gasteiger partial charge in [-0.2, -0.15) is 0 Å². The van der Waals surface area contributed by atoms with Gasteiger partial charge in [-0.05, 0) is 38.0 Å². The van der Waals surface area contributed by atoms with Crippen LogP contribution in [0.3, 0.4) is 0 Å². The van der Waals surface area contributed by atoms with E-state index in [0.29, 0.717) is 5.92 Å². The van der Waals surface area contributed by atoms with Gasteiger partial charge in [0.2, 0.25) is 23.8 Å². The maximum absolute atomic E-state index is 14.3. The summed E-state index contributed by atoms with van der Waals surface area (Å²) in [6.07, 6.45) is 6.12. The highest BCUT2D eigenvalue weighted by molar-refractivity contribution is 5.91. The Kier molecular flexibility index (Phi) is 11.2. The van der Waals surface area contributed by atoms with Crippen LogP contribution in [-0.2, 0) is 25.7 Å². The molecule has 6 rings (SSSR count). The molecule has 0 bridgehead atoms. The van der Waals surface area contributed by atoms with Gasteiger partial charge in [-0.15, -0.1) is 14.5 Å². The normalized spacial score (nSPS) is 25.1. The lowest BCUT2D eigenvalue weighted by atomic mass is 9.85. The number of rotatable bonds is 13. The van der Waals surface area contributed by atoms with Gasteiger partial charge in [-0.25, -0.2) is 9.07 Å². The topological polar surface area (TPSA) is 192 Å². The summed E-state index contributed by atoms with van der Waals surface area (Å²) in [4.78, 5) is 58.1. The van der Waals surface area contributed by atoms with Crippen LogP contribution in [0.5, 0.6) is 0 Å². The molecule has 0 radical (unpaired) electrons. The molecule has 298 valence electrons. The van der Waals surface area contributed by atoms with E-state index in [2.05, 4.69) is 20.9 Å². The number of aromatic nitrogens is 6. The number of carbonyl (C=O) groups is 4. The van der Waals surface area contributed by atoms with Crippen molar-refractivity contribution in [3.05, 3.63) is 23.8 Å². The second-order valence-electron chi connectivity index (χ2n) is 18.0. The molecule has 17 heteroatoms. The van der Waals surface area contributed by atoms with Crippen molar-refractivity contribution in [2.45, 2.75) is 148 Å². The zero-order chi connectivity index (χ0) is 39.3. The predicted molar refractivity (Wildman–Crippen MR) is 192 cm³/mol. The molecule has 4 fully saturated rings. The Morgan fingerprint density at radius 2 is 1.50 bits per heavy atom. The van der Waals surface area contributed by atoms with E-state index >= 15 is 0 Å². The molecule has 4 heterocycles. The molecule has 4 amide bonds. The van der Waals surface area contributed by atoms with Crippen LogP contribution in [0.25, 0.3) is 0 Å². The van der Waals surface area contributed by atoms with Crippen molar-refractivity contribution in [2.75, 3.05) is 26.3 Å². The molecule has 4 N–H and O–H groups in total. The standard InChI is InChI=1S/C37H57FN10O6/c1-21(40-33(52)28-15-25(50)18-45(28)34(53)30(36(2,3)4)47-19-26(41-42-47)22-8-9-22)16-46-29(23-10-11-23)20-48(43-46)31(37(5,6)7)35(54)44-17-24(49)14-27(44)32(51)39-13-12-38/h19-25,27-28,30-31,49-50H,8-18H2,1-7H3,(H-,39,40,51,52)/p+1. The van der Waals surface area contributed by atoms with Gasteiger partial charge in [-0.1, -0.05) is 46.8 Å². The average Bonchev–Trinajstić information content (AvgIpc) is 3.93. The summed E-state index contributed by atoms with van der Waals surface area (Å²) in [5.74, 6) is -0.952. The lowest BCUT2D eigenvalue weighted by Crippen LogP contribution is -2.58. The first kappa shape index (κ1) is 39.7. The van der Waals surface area contributed by atoms with Crippen molar-refractivity contribution in [1.82, 2.24) is 45.3 Å². The molecule has 2 aromatic rings. The van der Waals surface area contributed by atoms with Crippen LogP contribution in [0.4, 0.5) is 4.39 Å². The molecule has 2 saturated carbocycles. The van der Waals surface area contributed by atoms with Gasteiger partial charge < -0.3 is 30.6 Å². The van der Waals surface area contributed by atoms with Crippen molar-refractivity contribution in [3.8, 4) is 0 Å². The number of nitrogens with one attached hydrogen (secondary N) is 2. The number of β-amino-alcohol motifs (C(OH)–C–C–N with tert-alkyl or cyclic N) is 2. The molecule has 4 aliphatic rings. The Labute approximate surface area is 315 Å². The number of amides is 4. The minimum Gasteiger partial charge on any atom is -0.391 e. The molecule has 7 atom stereocenters. The highest BCUT2D eigenvalue weighted by Crippen LogP contribution is 2.41. The molecule has 7 unspecified atom stereocenters. The fraction of sp³-hybridized carbons (Fsp3) is 0.784. The van der Waals surface area contributed by atoms with E-state index in [0.717, 1.165) is 37.1 Å². The van der Waals surface area contributed by atoms with Gasteiger partial charge in [0, 0.05) is 55.9 Å². The van der Waals surface area contributed by atoms with Gasteiger partial charge in [0.15, 0.2) is 11.9 Å². The van der Waals surface area contributed by atoms with E-state index < -0.39 is 65.8 Å². The van der Waals surface area contributed by atoms with Crippen molar-refractivity contribution in [3.63, 3.8) is 0 Å². The van der Waals surface area contributed by atoms with Gasteiger partial charge in [0.1, 0.15) is 31.3 Å². The van der Waals surface area contributed by atoms with Gasteiger partial charge in [0.25, 0.3) is 5.91 Å². The Bertz CT molecular complexity index is 1710. The summed E-state index contributed by atoms with van der Waals surface area (Å²) in [5, 5.41) is 40.3. The van der Waals surface area contributed by atoms with E-state index in [-0.39, 0.29) is 62.7 Å². The van der Waals surface area contributed by atoms with Crippen molar-refractivity contribution in [1.29, 1.82) is 0 Å². The zero-order valence-corrected chi connectivity index (χ0v) is 32.6. The van der Waals surface area contributed by atoms with E-state index in [1.54, 1.807) is 9.36 Å². The van der Waals surface area contributed by atoms with E-state index in [9.17, 15) is 33.8 Å². The zero-order valence-electron chi connectivity index (χ0n) is 32.6. The number of carbonyl (C=O) groups excluding carboxylic acids is 4. The number of halogens is 1. The van der Waals surface area contributed by atoms with E-state index in [1.807, 2.05) is 65.5 Å². The van der Waals surface area contributed by atoms with E-state index in [4.69, 9.17) is 5.21 Å². The summed E-state index contributed by atoms with van der Waals surface area (Å²) < 4.78 is 17.9. The number of nitrogens with zero attached hydrogens (tertiary/aromatic N) is 8. The number of aliphatic hydroxyl groups is 2.